The highest BCUT2D eigenvalue weighted by Gasteiger charge is 2.40. The number of anilines is 1. The molecular formula is C16H27N5O2S. The van der Waals surface area contributed by atoms with Crippen molar-refractivity contribution in [3.05, 3.63) is 23.9 Å². The Morgan fingerprint density at radius 1 is 1.42 bits per heavy atom. The van der Waals surface area contributed by atoms with E-state index in [9.17, 15) is 8.42 Å². The van der Waals surface area contributed by atoms with Crippen molar-refractivity contribution in [2.45, 2.75) is 25.1 Å². The van der Waals surface area contributed by atoms with Gasteiger partial charge in [-0.15, -0.1) is 0 Å². The highest BCUT2D eigenvalue weighted by Crippen LogP contribution is 2.23. The smallest absolute Gasteiger partial charge is 0.193 e. The first-order chi connectivity index (χ1) is 11.2. The Hall–Kier alpha value is -1.83. The van der Waals surface area contributed by atoms with E-state index in [1.807, 2.05) is 42.2 Å². The lowest BCUT2D eigenvalue weighted by Crippen LogP contribution is -2.57. The molecule has 7 nitrogen and oxygen atoms in total. The molecule has 0 radical (unpaired) electrons. The number of nitrogens with one attached hydrogen (secondary N) is 1. The largest absolute Gasteiger partial charge is 0.363 e. The number of aliphatic imine (C=N–C) groups is 1. The average molecular weight is 353 g/mol. The average Bonchev–Trinajstić information content (AvgIpc) is 2.51. The summed E-state index contributed by atoms with van der Waals surface area (Å²) in [7, 11) is 2.56. The van der Waals surface area contributed by atoms with Crippen LogP contribution in [0.3, 0.4) is 0 Å². The van der Waals surface area contributed by atoms with Crippen LogP contribution in [-0.2, 0) is 16.4 Å². The fourth-order valence-corrected chi connectivity index (χ4v) is 3.99. The van der Waals surface area contributed by atoms with Crippen molar-refractivity contribution in [2.24, 2.45) is 4.99 Å². The maximum absolute atomic E-state index is 12.1. The minimum atomic E-state index is -3.05. The van der Waals surface area contributed by atoms with Crippen LogP contribution in [0.2, 0.25) is 0 Å². The van der Waals surface area contributed by atoms with E-state index in [2.05, 4.69) is 15.3 Å². The van der Waals surface area contributed by atoms with Crippen LogP contribution in [0.15, 0.2) is 23.3 Å². The Morgan fingerprint density at radius 3 is 2.62 bits per heavy atom. The van der Waals surface area contributed by atoms with Crippen molar-refractivity contribution < 1.29 is 8.42 Å². The number of nitrogens with zero attached hydrogens (tertiary/aromatic N) is 4. The van der Waals surface area contributed by atoms with Gasteiger partial charge in [0, 0.05) is 47.0 Å². The lowest BCUT2D eigenvalue weighted by molar-refractivity contribution is 0.353. The lowest BCUT2D eigenvalue weighted by Gasteiger charge is -2.39. The minimum Gasteiger partial charge on any atom is -0.363 e. The van der Waals surface area contributed by atoms with Gasteiger partial charge in [0.2, 0.25) is 0 Å². The highest BCUT2D eigenvalue weighted by molar-refractivity contribution is 7.92. The van der Waals surface area contributed by atoms with E-state index in [1.54, 1.807) is 20.9 Å². The van der Waals surface area contributed by atoms with Crippen molar-refractivity contribution in [1.82, 2.24) is 15.2 Å². The molecule has 1 aliphatic rings. The topological polar surface area (TPSA) is 77.9 Å². The monoisotopic (exact) mass is 353 g/mol. The third-order valence-electron chi connectivity index (χ3n) is 4.27. The maximum atomic E-state index is 12.1. The number of pyridine rings is 1. The zero-order valence-corrected chi connectivity index (χ0v) is 15.9. The van der Waals surface area contributed by atoms with Crippen molar-refractivity contribution in [3.8, 4) is 0 Å². The van der Waals surface area contributed by atoms with Gasteiger partial charge in [0.05, 0.1) is 10.5 Å². The normalized spacial score (nSPS) is 19.9. The number of sulfone groups is 1. The summed E-state index contributed by atoms with van der Waals surface area (Å²) in [4.78, 5) is 12.6. The van der Waals surface area contributed by atoms with Crippen LogP contribution in [0.1, 0.15) is 19.4 Å². The van der Waals surface area contributed by atoms with Crippen molar-refractivity contribution >= 4 is 21.6 Å². The second kappa shape index (κ2) is 6.96. The van der Waals surface area contributed by atoms with E-state index in [0.29, 0.717) is 19.6 Å². The van der Waals surface area contributed by atoms with Crippen LogP contribution in [0.5, 0.6) is 0 Å². The molecule has 2 heterocycles. The van der Waals surface area contributed by atoms with Crippen molar-refractivity contribution in [2.75, 3.05) is 44.9 Å². The van der Waals surface area contributed by atoms with Crippen LogP contribution in [0.4, 0.5) is 5.82 Å². The molecule has 0 amide bonds. The predicted molar refractivity (Wildman–Crippen MR) is 98.2 cm³/mol. The molecule has 0 spiro atoms. The van der Waals surface area contributed by atoms with Gasteiger partial charge in [0.25, 0.3) is 0 Å². The van der Waals surface area contributed by atoms with Gasteiger partial charge in [-0.25, -0.2) is 13.4 Å². The zero-order valence-electron chi connectivity index (χ0n) is 15.1. The summed E-state index contributed by atoms with van der Waals surface area (Å²) < 4.78 is 23.5. The molecule has 24 heavy (non-hydrogen) atoms. The summed E-state index contributed by atoms with van der Waals surface area (Å²) in [5.41, 5.74) is 1.05. The molecule has 1 saturated heterocycles. The summed E-state index contributed by atoms with van der Waals surface area (Å²) in [6.07, 6.45) is 1.83. The van der Waals surface area contributed by atoms with Gasteiger partial charge in [0.1, 0.15) is 5.82 Å². The fourth-order valence-electron chi connectivity index (χ4n) is 2.62. The van der Waals surface area contributed by atoms with Gasteiger partial charge >= 0.3 is 0 Å². The Kier molecular flexibility index (Phi) is 5.37. The van der Waals surface area contributed by atoms with Crippen LogP contribution in [0.25, 0.3) is 0 Å². The lowest BCUT2D eigenvalue weighted by atomic mass is 10.2. The SMILES string of the molecule is CN=C(NCc1ccc(N(C)C)nc1)N1CCS(=O)(=O)C(C)(C)C1. The molecule has 1 fully saturated rings. The minimum absolute atomic E-state index is 0.153. The van der Waals surface area contributed by atoms with Gasteiger partial charge in [0.15, 0.2) is 15.8 Å². The molecule has 0 unspecified atom stereocenters. The number of guanidine groups is 1. The van der Waals surface area contributed by atoms with E-state index >= 15 is 0 Å². The number of aromatic nitrogens is 1. The number of hydrogen-bond donors (Lipinski definition) is 1. The molecule has 134 valence electrons. The molecule has 2 rings (SSSR count). The van der Waals surface area contributed by atoms with E-state index in [-0.39, 0.29) is 5.75 Å². The van der Waals surface area contributed by atoms with E-state index in [4.69, 9.17) is 0 Å². The molecular weight excluding hydrogens is 326 g/mol. The second-order valence-corrected chi connectivity index (χ2v) is 9.56. The molecule has 0 atom stereocenters. The van der Waals surface area contributed by atoms with Crippen LogP contribution >= 0.6 is 0 Å². The standard InChI is InChI=1S/C16H27N5O2S/c1-16(2)12-21(8-9-24(16,22)23)15(17-3)19-11-13-6-7-14(18-10-13)20(4)5/h6-7,10H,8-9,11-12H2,1-5H3,(H,17,19). The van der Waals surface area contributed by atoms with Gasteiger partial charge in [-0.1, -0.05) is 6.07 Å². The quantitative estimate of drug-likeness (QED) is 0.638. The first-order valence-electron chi connectivity index (χ1n) is 7.96. The van der Waals surface area contributed by atoms with Gasteiger partial charge in [-0.2, -0.15) is 0 Å². The number of hydrogen-bond acceptors (Lipinski definition) is 5. The predicted octanol–water partition coefficient (Wildman–Crippen LogP) is 0.732. The summed E-state index contributed by atoms with van der Waals surface area (Å²) in [6, 6.07) is 3.99. The Bertz CT molecular complexity index is 696. The van der Waals surface area contributed by atoms with Crippen LogP contribution in [0, 0.1) is 0 Å². The van der Waals surface area contributed by atoms with Gasteiger partial charge < -0.3 is 15.1 Å². The maximum Gasteiger partial charge on any atom is 0.193 e. The summed E-state index contributed by atoms with van der Waals surface area (Å²) in [6.45, 7) is 5.03. The van der Waals surface area contributed by atoms with E-state index < -0.39 is 14.6 Å². The second-order valence-electron chi connectivity index (χ2n) is 6.82. The molecule has 1 N–H and O–H groups in total. The Balaban J connectivity index is 2.00. The fraction of sp³-hybridized carbons (Fsp3) is 0.625. The summed E-state index contributed by atoms with van der Waals surface area (Å²) in [5, 5.41) is 3.30. The number of rotatable bonds is 3. The summed E-state index contributed by atoms with van der Waals surface area (Å²) >= 11 is 0. The van der Waals surface area contributed by atoms with Crippen LogP contribution < -0.4 is 10.2 Å². The van der Waals surface area contributed by atoms with E-state index in [1.165, 1.54) is 0 Å². The Labute approximate surface area is 144 Å². The molecule has 1 aliphatic heterocycles. The molecule has 0 saturated carbocycles. The molecule has 0 bridgehead atoms. The molecule has 0 aromatic carbocycles. The first-order valence-corrected chi connectivity index (χ1v) is 9.62. The van der Waals surface area contributed by atoms with E-state index in [0.717, 1.165) is 17.3 Å². The Morgan fingerprint density at radius 2 is 2.12 bits per heavy atom. The van der Waals surface area contributed by atoms with Gasteiger partial charge in [-0.05, 0) is 25.5 Å². The van der Waals surface area contributed by atoms with Crippen molar-refractivity contribution in [1.29, 1.82) is 0 Å². The molecule has 1 aromatic heterocycles. The summed E-state index contributed by atoms with van der Waals surface area (Å²) in [5.74, 6) is 1.78. The van der Waals surface area contributed by atoms with Crippen LogP contribution in [-0.4, -0.2) is 69.0 Å². The third-order valence-corrected chi connectivity index (χ3v) is 6.81. The first kappa shape index (κ1) is 18.5. The molecule has 8 heteroatoms. The third kappa shape index (κ3) is 3.98. The molecule has 0 aliphatic carbocycles. The highest BCUT2D eigenvalue weighted by atomic mass is 32.2. The van der Waals surface area contributed by atoms with Gasteiger partial charge in [-0.3, -0.25) is 4.99 Å². The molecule has 1 aromatic rings. The zero-order chi connectivity index (χ0) is 18.0. The van der Waals surface area contributed by atoms with Crippen molar-refractivity contribution in [3.63, 3.8) is 0 Å².